The Morgan fingerprint density at radius 3 is 2.42 bits per heavy atom. The second kappa shape index (κ2) is 11.9. The zero-order valence-electron chi connectivity index (χ0n) is 20.8. The number of nitrogens with one attached hydrogen (secondary N) is 1. The number of primary amides is 1. The van der Waals surface area contributed by atoms with Crippen LogP contribution in [0.4, 0.5) is 0 Å². The van der Waals surface area contributed by atoms with Crippen LogP contribution in [-0.4, -0.2) is 47.9 Å². The Kier molecular flexibility index (Phi) is 8.87. The van der Waals surface area contributed by atoms with Crippen molar-refractivity contribution >= 4 is 45.1 Å². The fourth-order valence-corrected chi connectivity index (χ4v) is 5.12. The van der Waals surface area contributed by atoms with Crippen molar-refractivity contribution in [2.75, 3.05) is 13.7 Å². The molecule has 0 aliphatic heterocycles. The van der Waals surface area contributed by atoms with Crippen molar-refractivity contribution in [2.24, 2.45) is 11.7 Å². The van der Waals surface area contributed by atoms with E-state index in [-0.39, 0.29) is 18.1 Å². The average Bonchev–Trinajstić information content (AvgIpc) is 3.43. The number of hydrogen-bond acceptors (Lipinski definition) is 7. The van der Waals surface area contributed by atoms with Gasteiger partial charge in [-0.15, -0.1) is 11.3 Å². The van der Waals surface area contributed by atoms with Crippen LogP contribution in [0.15, 0.2) is 35.7 Å². The standard InChI is InChI=1S/C26H31N3O6S/c1-5-15(3)22(26(33)34-4)28-19(30)13-35-18-14-36-25-21(18)20(23(31)24(27)32)17(6-2)29(25)12-16-10-8-7-9-11-16/h7-11,14-15,22H,5-6,12-13H2,1-4H3,(H2,27,32)(H,28,30)/t15-,22-/m0/s1. The first kappa shape index (κ1) is 26.9. The van der Waals surface area contributed by atoms with Crippen LogP contribution < -0.4 is 15.8 Å². The van der Waals surface area contributed by atoms with E-state index in [0.717, 1.165) is 10.4 Å². The van der Waals surface area contributed by atoms with Gasteiger partial charge in [0.05, 0.1) is 18.1 Å². The molecule has 0 fully saturated rings. The molecule has 0 unspecified atom stereocenters. The van der Waals surface area contributed by atoms with E-state index in [4.69, 9.17) is 15.2 Å². The minimum absolute atomic E-state index is 0.131. The van der Waals surface area contributed by atoms with Crippen molar-refractivity contribution in [1.82, 2.24) is 9.88 Å². The number of nitrogens with zero attached hydrogens (tertiary/aromatic N) is 1. The summed E-state index contributed by atoms with van der Waals surface area (Å²) in [5.41, 5.74) is 7.27. The molecule has 3 rings (SSSR count). The number of esters is 1. The molecule has 9 nitrogen and oxygen atoms in total. The number of methoxy groups -OCH3 is 1. The second-order valence-corrected chi connectivity index (χ2v) is 9.32. The molecule has 192 valence electrons. The molecule has 0 aliphatic rings. The van der Waals surface area contributed by atoms with Gasteiger partial charge in [-0.25, -0.2) is 4.79 Å². The van der Waals surface area contributed by atoms with Gasteiger partial charge in [-0.1, -0.05) is 57.5 Å². The van der Waals surface area contributed by atoms with E-state index in [2.05, 4.69) is 5.32 Å². The summed E-state index contributed by atoms with van der Waals surface area (Å²) in [4.78, 5) is 50.3. The quantitative estimate of drug-likeness (QED) is 0.218. The molecule has 2 amide bonds. The number of fused-ring (bicyclic) bond motifs is 1. The van der Waals surface area contributed by atoms with Gasteiger partial charge in [0.25, 0.3) is 17.6 Å². The zero-order valence-corrected chi connectivity index (χ0v) is 21.6. The van der Waals surface area contributed by atoms with E-state index in [1.807, 2.05) is 55.7 Å². The summed E-state index contributed by atoms with van der Waals surface area (Å²) in [6, 6.07) is 8.94. The summed E-state index contributed by atoms with van der Waals surface area (Å²) in [6.07, 6.45) is 1.15. The smallest absolute Gasteiger partial charge is 0.328 e. The Hall–Kier alpha value is -3.66. The largest absolute Gasteiger partial charge is 0.482 e. The first-order valence-corrected chi connectivity index (χ1v) is 12.6. The molecule has 2 atom stereocenters. The van der Waals surface area contributed by atoms with Crippen molar-refractivity contribution in [2.45, 2.75) is 46.2 Å². The zero-order chi connectivity index (χ0) is 26.4. The van der Waals surface area contributed by atoms with E-state index >= 15 is 0 Å². The van der Waals surface area contributed by atoms with Crippen LogP contribution in [0.1, 0.15) is 48.8 Å². The molecule has 10 heteroatoms. The first-order valence-electron chi connectivity index (χ1n) is 11.7. The van der Waals surface area contributed by atoms with Gasteiger partial charge in [0.1, 0.15) is 16.6 Å². The van der Waals surface area contributed by atoms with E-state index in [1.165, 1.54) is 18.4 Å². The van der Waals surface area contributed by atoms with Crippen LogP contribution >= 0.6 is 11.3 Å². The van der Waals surface area contributed by atoms with Gasteiger partial charge in [0.2, 0.25) is 0 Å². The molecule has 1 aromatic carbocycles. The molecule has 0 aliphatic carbocycles. The second-order valence-electron chi connectivity index (χ2n) is 8.46. The number of rotatable bonds is 12. The normalized spacial score (nSPS) is 12.7. The van der Waals surface area contributed by atoms with Crippen LogP contribution in [0.2, 0.25) is 0 Å². The van der Waals surface area contributed by atoms with Gasteiger partial charge in [0, 0.05) is 17.6 Å². The SMILES string of the molecule is CCc1c(C(=O)C(N)=O)c2c(OCC(=O)N[C@H](C(=O)OC)[C@@H](C)CC)csc2n1Cc1ccccc1. The molecule has 2 aromatic heterocycles. The number of thiophene rings is 1. The summed E-state index contributed by atoms with van der Waals surface area (Å²) in [5, 5.41) is 4.82. The molecule has 0 saturated carbocycles. The Morgan fingerprint density at radius 2 is 1.83 bits per heavy atom. The van der Waals surface area contributed by atoms with Gasteiger partial charge >= 0.3 is 5.97 Å². The Balaban J connectivity index is 1.95. The van der Waals surface area contributed by atoms with Crippen LogP contribution in [0.3, 0.4) is 0 Å². The van der Waals surface area contributed by atoms with Gasteiger partial charge in [-0.05, 0) is 17.9 Å². The third-order valence-corrected chi connectivity index (χ3v) is 7.14. The lowest BCUT2D eigenvalue weighted by Crippen LogP contribution is -2.47. The minimum atomic E-state index is -1.06. The van der Waals surface area contributed by atoms with E-state index in [1.54, 1.807) is 5.38 Å². The number of carbonyl (C=O) groups is 4. The fraction of sp³-hybridized carbons (Fsp3) is 0.385. The molecule has 0 saturated heterocycles. The average molecular weight is 514 g/mol. The molecular weight excluding hydrogens is 482 g/mol. The highest BCUT2D eigenvalue weighted by Crippen LogP contribution is 2.40. The number of carbonyl (C=O) groups excluding carboxylic acids is 4. The number of aromatic nitrogens is 1. The van der Waals surface area contributed by atoms with E-state index in [0.29, 0.717) is 36.2 Å². The molecule has 0 bridgehead atoms. The summed E-state index contributed by atoms with van der Waals surface area (Å²) in [5.74, 6) is -2.74. The van der Waals surface area contributed by atoms with Crippen LogP contribution in [-0.2, 0) is 32.1 Å². The number of ether oxygens (including phenoxy) is 2. The maximum absolute atomic E-state index is 12.9. The fourth-order valence-electron chi connectivity index (χ4n) is 4.09. The predicted octanol–water partition coefficient (Wildman–Crippen LogP) is 3.06. The highest BCUT2D eigenvalue weighted by Gasteiger charge is 2.30. The highest BCUT2D eigenvalue weighted by atomic mass is 32.1. The summed E-state index contributed by atoms with van der Waals surface area (Å²) in [7, 11) is 1.27. The number of Topliss-reactive ketones (excluding diaryl/α,β-unsaturated/α-hetero) is 1. The predicted molar refractivity (Wildman–Crippen MR) is 137 cm³/mol. The minimum Gasteiger partial charge on any atom is -0.482 e. The molecule has 0 radical (unpaired) electrons. The third-order valence-electron chi connectivity index (χ3n) is 6.16. The molecule has 3 N–H and O–H groups in total. The van der Waals surface area contributed by atoms with Crippen LogP contribution in [0, 0.1) is 5.92 Å². The third kappa shape index (κ3) is 5.59. The summed E-state index contributed by atoms with van der Waals surface area (Å²) >= 11 is 1.35. The highest BCUT2D eigenvalue weighted by molar-refractivity contribution is 7.17. The Labute approximate surface area is 213 Å². The molecule has 36 heavy (non-hydrogen) atoms. The summed E-state index contributed by atoms with van der Waals surface area (Å²) < 4.78 is 12.6. The lowest BCUT2D eigenvalue weighted by atomic mass is 9.99. The number of benzene rings is 1. The van der Waals surface area contributed by atoms with Crippen LogP contribution in [0.25, 0.3) is 10.2 Å². The van der Waals surface area contributed by atoms with Crippen molar-refractivity contribution in [3.63, 3.8) is 0 Å². The molecular formula is C26H31N3O6S. The topological polar surface area (TPSA) is 130 Å². The Morgan fingerprint density at radius 1 is 1.14 bits per heavy atom. The molecule has 3 aromatic rings. The number of ketones is 1. The lowest BCUT2D eigenvalue weighted by Gasteiger charge is -2.21. The number of nitrogens with two attached hydrogens (primary N) is 1. The molecule has 2 heterocycles. The maximum atomic E-state index is 12.9. The van der Waals surface area contributed by atoms with E-state index < -0.39 is 29.6 Å². The maximum Gasteiger partial charge on any atom is 0.328 e. The van der Waals surface area contributed by atoms with Gasteiger partial charge in [-0.3, -0.25) is 14.4 Å². The van der Waals surface area contributed by atoms with Crippen molar-refractivity contribution < 1.29 is 28.7 Å². The van der Waals surface area contributed by atoms with Crippen LogP contribution in [0.5, 0.6) is 5.75 Å². The van der Waals surface area contributed by atoms with Crippen molar-refractivity contribution in [3.8, 4) is 5.75 Å². The van der Waals surface area contributed by atoms with Gasteiger partial charge < -0.3 is 25.1 Å². The first-order chi connectivity index (χ1) is 17.2. The Bertz CT molecular complexity index is 1260. The van der Waals surface area contributed by atoms with Gasteiger partial charge in [-0.2, -0.15) is 0 Å². The summed E-state index contributed by atoms with van der Waals surface area (Å²) in [6.45, 7) is 5.75. The number of amides is 2. The van der Waals surface area contributed by atoms with Crippen molar-refractivity contribution in [3.05, 3.63) is 52.5 Å². The van der Waals surface area contributed by atoms with Crippen molar-refractivity contribution in [1.29, 1.82) is 0 Å². The van der Waals surface area contributed by atoms with Gasteiger partial charge in [0.15, 0.2) is 6.61 Å². The number of hydrogen-bond donors (Lipinski definition) is 2. The molecule has 0 spiro atoms. The lowest BCUT2D eigenvalue weighted by molar-refractivity contribution is -0.146. The monoisotopic (exact) mass is 513 g/mol. The van der Waals surface area contributed by atoms with E-state index in [9.17, 15) is 19.2 Å².